The number of nitrogens with zero attached hydrogens (tertiary/aromatic N) is 1. The van der Waals surface area contributed by atoms with Crippen molar-refractivity contribution >= 4 is 22.5 Å². The van der Waals surface area contributed by atoms with Crippen molar-refractivity contribution in [3.05, 3.63) is 29.6 Å². The number of ether oxygens (including phenoxy) is 1. The predicted molar refractivity (Wildman–Crippen MR) is 86.0 cm³/mol. The van der Waals surface area contributed by atoms with Gasteiger partial charge in [-0.3, -0.25) is 5.32 Å². The fourth-order valence-electron chi connectivity index (χ4n) is 1.75. The maximum atomic E-state index is 11.6. The second kappa shape index (κ2) is 7.08. The van der Waals surface area contributed by atoms with E-state index in [1.54, 1.807) is 0 Å². The lowest BCUT2D eigenvalue weighted by atomic mass is 10.2. The summed E-state index contributed by atoms with van der Waals surface area (Å²) >= 11 is 1.40. The molecule has 1 heterocycles. The minimum Gasteiger partial charge on any atom is -0.494 e. The van der Waals surface area contributed by atoms with Crippen LogP contribution in [-0.2, 0) is 0 Å². The van der Waals surface area contributed by atoms with Crippen LogP contribution in [0, 0.1) is 0 Å². The Balaban J connectivity index is 2.03. The maximum Gasteiger partial charge on any atom is 0.321 e. The number of rotatable bonds is 5. The van der Waals surface area contributed by atoms with Crippen LogP contribution >= 0.6 is 11.3 Å². The van der Waals surface area contributed by atoms with Crippen LogP contribution in [0.2, 0.25) is 0 Å². The molecule has 2 N–H and O–H groups in total. The monoisotopic (exact) mass is 305 g/mol. The van der Waals surface area contributed by atoms with Gasteiger partial charge in [-0.05, 0) is 45.0 Å². The average Bonchev–Trinajstić information content (AvgIpc) is 2.87. The number of urea groups is 1. The number of hydrogen-bond acceptors (Lipinski definition) is 4. The zero-order valence-corrected chi connectivity index (χ0v) is 13.2. The summed E-state index contributed by atoms with van der Waals surface area (Å²) in [6, 6.07) is 7.59. The summed E-state index contributed by atoms with van der Waals surface area (Å²) in [4.78, 5) is 16.0. The van der Waals surface area contributed by atoms with E-state index in [1.165, 1.54) is 11.3 Å². The van der Waals surface area contributed by atoms with Crippen molar-refractivity contribution in [2.24, 2.45) is 0 Å². The van der Waals surface area contributed by atoms with Gasteiger partial charge in [-0.25, -0.2) is 9.78 Å². The zero-order valence-electron chi connectivity index (χ0n) is 12.3. The second-order valence-electron chi connectivity index (χ2n) is 4.75. The summed E-state index contributed by atoms with van der Waals surface area (Å²) in [5, 5.41) is 7.99. The predicted octanol–water partition coefficient (Wildman–Crippen LogP) is 3.74. The van der Waals surface area contributed by atoms with E-state index >= 15 is 0 Å². The summed E-state index contributed by atoms with van der Waals surface area (Å²) < 4.78 is 5.41. The van der Waals surface area contributed by atoms with Crippen LogP contribution in [-0.4, -0.2) is 23.7 Å². The molecule has 0 spiro atoms. The molecule has 0 aliphatic carbocycles. The molecule has 0 fully saturated rings. The van der Waals surface area contributed by atoms with Gasteiger partial charge in [0.25, 0.3) is 0 Å². The quantitative estimate of drug-likeness (QED) is 0.884. The van der Waals surface area contributed by atoms with E-state index in [1.807, 2.05) is 50.4 Å². The maximum absolute atomic E-state index is 11.6. The van der Waals surface area contributed by atoms with Crippen molar-refractivity contribution in [2.75, 3.05) is 11.9 Å². The van der Waals surface area contributed by atoms with E-state index in [9.17, 15) is 4.79 Å². The van der Waals surface area contributed by atoms with E-state index in [-0.39, 0.29) is 12.1 Å². The molecule has 2 rings (SSSR count). The third-order valence-corrected chi connectivity index (χ3v) is 3.36. The van der Waals surface area contributed by atoms with E-state index < -0.39 is 0 Å². The van der Waals surface area contributed by atoms with Gasteiger partial charge in [0.05, 0.1) is 12.3 Å². The molecule has 0 radical (unpaired) electrons. The van der Waals surface area contributed by atoms with Crippen LogP contribution in [0.5, 0.6) is 5.75 Å². The minimum atomic E-state index is -0.238. The van der Waals surface area contributed by atoms with Gasteiger partial charge in [0.1, 0.15) is 5.75 Å². The van der Waals surface area contributed by atoms with Crippen molar-refractivity contribution in [3.8, 4) is 17.0 Å². The van der Waals surface area contributed by atoms with Gasteiger partial charge in [0, 0.05) is 17.0 Å². The van der Waals surface area contributed by atoms with Crippen LogP contribution in [0.4, 0.5) is 9.93 Å². The van der Waals surface area contributed by atoms with Gasteiger partial charge in [0.2, 0.25) is 0 Å². The second-order valence-corrected chi connectivity index (χ2v) is 5.61. The topological polar surface area (TPSA) is 63.2 Å². The first-order valence-electron chi connectivity index (χ1n) is 6.84. The van der Waals surface area contributed by atoms with E-state index in [4.69, 9.17) is 4.74 Å². The highest BCUT2D eigenvalue weighted by atomic mass is 32.1. The Bertz CT molecular complexity index is 593. The molecule has 0 saturated carbocycles. The highest BCUT2D eigenvalue weighted by Gasteiger charge is 2.08. The lowest BCUT2D eigenvalue weighted by molar-refractivity contribution is 0.250. The van der Waals surface area contributed by atoms with Gasteiger partial charge in [0.15, 0.2) is 5.13 Å². The molecule has 1 aromatic heterocycles. The number of hydrogen-bond donors (Lipinski definition) is 2. The van der Waals surface area contributed by atoms with E-state index in [0.29, 0.717) is 11.7 Å². The first-order valence-corrected chi connectivity index (χ1v) is 7.72. The molecule has 5 nitrogen and oxygen atoms in total. The normalized spacial score (nSPS) is 10.5. The van der Waals surface area contributed by atoms with Crippen LogP contribution in [0.1, 0.15) is 20.8 Å². The summed E-state index contributed by atoms with van der Waals surface area (Å²) in [7, 11) is 0. The third kappa shape index (κ3) is 4.46. The van der Waals surface area contributed by atoms with Crippen molar-refractivity contribution in [1.82, 2.24) is 10.3 Å². The largest absolute Gasteiger partial charge is 0.494 e. The number of carbonyl (C=O) groups excluding carboxylic acids is 1. The molecule has 1 aromatic carbocycles. The van der Waals surface area contributed by atoms with Gasteiger partial charge < -0.3 is 10.1 Å². The van der Waals surface area contributed by atoms with E-state index in [2.05, 4.69) is 15.6 Å². The SMILES string of the molecule is CCOc1ccc(-c2csc(NC(=O)NC(C)C)n2)cc1. The number of carbonyl (C=O) groups is 1. The molecule has 0 bridgehead atoms. The summed E-state index contributed by atoms with van der Waals surface area (Å²) in [6.45, 7) is 6.42. The first-order chi connectivity index (χ1) is 10.1. The standard InChI is InChI=1S/C15H19N3O2S/c1-4-20-12-7-5-11(6-8-12)13-9-21-15(17-13)18-14(19)16-10(2)3/h5-10H,4H2,1-3H3,(H2,16,17,18,19). The lowest BCUT2D eigenvalue weighted by Crippen LogP contribution is -2.34. The molecule has 6 heteroatoms. The van der Waals surface area contributed by atoms with Crippen molar-refractivity contribution in [2.45, 2.75) is 26.8 Å². The lowest BCUT2D eigenvalue weighted by Gasteiger charge is -2.07. The fraction of sp³-hybridized carbons (Fsp3) is 0.333. The molecule has 0 atom stereocenters. The molecular formula is C15H19N3O2S. The first kappa shape index (κ1) is 15.3. The van der Waals surface area contributed by atoms with Gasteiger partial charge >= 0.3 is 6.03 Å². The minimum absolute atomic E-state index is 0.0931. The number of anilines is 1. The van der Waals surface area contributed by atoms with Crippen LogP contribution in [0.25, 0.3) is 11.3 Å². The third-order valence-electron chi connectivity index (χ3n) is 2.61. The molecule has 0 aliphatic heterocycles. The summed E-state index contributed by atoms with van der Waals surface area (Å²) in [5.74, 6) is 0.839. The smallest absolute Gasteiger partial charge is 0.321 e. The van der Waals surface area contributed by atoms with Gasteiger partial charge in [-0.1, -0.05) is 0 Å². The number of thiazole rings is 1. The molecule has 0 aliphatic rings. The highest BCUT2D eigenvalue weighted by Crippen LogP contribution is 2.26. The molecular weight excluding hydrogens is 286 g/mol. The zero-order chi connectivity index (χ0) is 15.2. The average molecular weight is 305 g/mol. The van der Waals surface area contributed by atoms with Crippen molar-refractivity contribution in [1.29, 1.82) is 0 Å². The fourth-order valence-corrected chi connectivity index (χ4v) is 2.46. The Hall–Kier alpha value is -2.08. The van der Waals surface area contributed by atoms with E-state index in [0.717, 1.165) is 17.0 Å². The molecule has 0 saturated heterocycles. The number of aromatic nitrogens is 1. The van der Waals surface area contributed by atoms with Gasteiger partial charge in [-0.2, -0.15) is 0 Å². The summed E-state index contributed by atoms with van der Waals surface area (Å²) in [5.41, 5.74) is 1.83. The molecule has 0 unspecified atom stereocenters. The Labute approximate surface area is 128 Å². The molecule has 2 amide bonds. The molecule has 112 valence electrons. The Morgan fingerprint density at radius 3 is 2.67 bits per heavy atom. The van der Waals surface area contributed by atoms with Crippen molar-refractivity contribution < 1.29 is 9.53 Å². The molecule has 21 heavy (non-hydrogen) atoms. The van der Waals surface area contributed by atoms with Crippen molar-refractivity contribution in [3.63, 3.8) is 0 Å². The Morgan fingerprint density at radius 2 is 2.05 bits per heavy atom. The Kier molecular flexibility index (Phi) is 5.16. The summed E-state index contributed by atoms with van der Waals surface area (Å²) in [6.07, 6.45) is 0. The van der Waals surface area contributed by atoms with Crippen LogP contribution in [0.3, 0.4) is 0 Å². The highest BCUT2D eigenvalue weighted by molar-refractivity contribution is 7.14. The number of nitrogens with one attached hydrogen (secondary N) is 2. The van der Waals surface area contributed by atoms with Crippen LogP contribution < -0.4 is 15.4 Å². The number of benzene rings is 1. The Morgan fingerprint density at radius 1 is 1.33 bits per heavy atom. The number of amides is 2. The van der Waals surface area contributed by atoms with Gasteiger partial charge in [-0.15, -0.1) is 11.3 Å². The molecule has 2 aromatic rings. The van der Waals surface area contributed by atoms with Crippen LogP contribution in [0.15, 0.2) is 29.6 Å².